The van der Waals surface area contributed by atoms with Gasteiger partial charge in [-0.25, -0.2) is 4.68 Å². The van der Waals surface area contributed by atoms with E-state index < -0.39 is 0 Å². The monoisotopic (exact) mass is 243 g/mol. The fourth-order valence-corrected chi connectivity index (χ4v) is 2.25. The molecule has 2 aromatic rings. The first kappa shape index (κ1) is 12.7. The van der Waals surface area contributed by atoms with E-state index >= 15 is 0 Å². The van der Waals surface area contributed by atoms with Gasteiger partial charge in [0.15, 0.2) is 0 Å². The molecule has 0 spiro atoms. The molecule has 3 heteroatoms. The van der Waals surface area contributed by atoms with Crippen LogP contribution in [0.25, 0.3) is 0 Å². The number of aryl methyl sites for hydroxylation is 1. The molecule has 3 nitrogen and oxygen atoms in total. The summed E-state index contributed by atoms with van der Waals surface area (Å²) in [6.45, 7) is 5.06. The second-order valence-corrected chi connectivity index (χ2v) is 4.56. The van der Waals surface area contributed by atoms with Crippen LogP contribution in [0.15, 0.2) is 30.3 Å². The zero-order valence-corrected chi connectivity index (χ0v) is 11.2. The minimum atomic E-state index is 0.753. The number of anilines is 1. The predicted octanol–water partition coefficient (Wildman–Crippen LogP) is 3.03. The van der Waals surface area contributed by atoms with Crippen molar-refractivity contribution in [1.82, 2.24) is 9.78 Å². The molecule has 0 atom stereocenters. The number of benzene rings is 1. The minimum Gasteiger partial charge on any atom is -0.384 e. The number of hydrogen-bond donors (Lipinski definition) is 1. The summed E-state index contributed by atoms with van der Waals surface area (Å²) in [4.78, 5) is 0. The second-order valence-electron chi connectivity index (χ2n) is 4.56. The Morgan fingerprint density at radius 1 is 1.17 bits per heavy atom. The Labute approximate surface area is 109 Å². The molecule has 1 heterocycles. The molecule has 0 saturated heterocycles. The topological polar surface area (TPSA) is 43.8 Å². The highest BCUT2D eigenvalue weighted by atomic mass is 15.3. The molecule has 0 bridgehead atoms. The van der Waals surface area contributed by atoms with Crippen LogP contribution in [0.5, 0.6) is 0 Å². The Bertz CT molecular complexity index is 500. The lowest BCUT2D eigenvalue weighted by atomic mass is 10.1. The fraction of sp³-hybridized carbons (Fsp3) is 0.400. The summed E-state index contributed by atoms with van der Waals surface area (Å²) in [5.74, 6) is 0.831. The summed E-state index contributed by atoms with van der Waals surface area (Å²) in [7, 11) is 0. The molecule has 2 rings (SSSR count). The van der Waals surface area contributed by atoms with Gasteiger partial charge in [-0.05, 0) is 18.4 Å². The van der Waals surface area contributed by atoms with Gasteiger partial charge < -0.3 is 5.73 Å². The number of aromatic nitrogens is 2. The van der Waals surface area contributed by atoms with Gasteiger partial charge in [0.2, 0.25) is 0 Å². The lowest BCUT2D eigenvalue weighted by molar-refractivity contribution is 0.683. The van der Waals surface area contributed by atoms with Gasteiger partial charge in [0.25, 0.3) is 0 Å². The van der Waals surface area contributed by atoms with E-state index in [1.165, 1.54) is 11.1 Å². The molecule has 0 radical (unpaired) electrons. The summed E-state index contributed by atoms with van der Waals surface area (Å²) in [6.07, 6.45) is 3.07. The van der Waals surface area contributed by atoms with Gasteiger partial charge >= 0.3 is 0 Å². The van der Waals surface area contributed by atoms with Crippen molar-refractivity contribution in [3.8, 4) is 0 Å². The molecule has 1 aromatic heterocycles. The van der Waals surface area contributed by atoms with Crippen LogP contribution >= 0.6 is 0 Å². The van der Waals surface area contributed by atoms with Gasteiger partial charge in [-0.2, -0.15) is 5.10 Å². The lowest BCUT2D eigenvalue weighted by Gasteiger charge is -2.05. The largest absolute Gasteiger partial charge is 0.384 e. The number of nitrogens with zero attached hydrogens (tertiary/aromatic N) is 2. The van der Waals surface area contributed by atoms with E-state index in [-0.39, 0.29) is 0 Å². The van der Waals surface area contributed by atoms with Gasteiger partial charge in [0, 0.05) is 5.56 Å². The van der Waals surface area contributed by atoms with E-state index in [0.717, 1.165) is 37.3 Å². The van der Waals surface area contributed by atoms with E-state index in [1.807, 2.05) is 22.9 Å². The lowest BCUT2D eigenvalue weighted by Crippen LogP contribution is -2.06. The Kier molecular flexibility index (Phi) is 4.03. The van der Waals surface area contributed by atoms with Crippen LogP contribution in [0, 0.1) is 0 Å². The highest BCUT2D eigenvalue weighted by molar-refractivity contribution is 5.44. The zero-order chi connectivity index (χ0) is 13.0. The first-order valence-corrected chi connectivity index (χ1v) is 6.64. The third-order valence-electron chi connectivity index (χ3n) is 3.19. The van der Waals surface area contributed by atoms with Gasteiger partial charge in [-0.1, -0.05) is 50.6 Å². The van der Waals surface area contributed by atoms with E-state index in [9.17, 15) is 0 Å². The maximum Gasteiger partial charge on any atom is 0.125 e. The van der Waals surface area contributed by atoms with Gasteiger partial charge in [0.1, 0.15) is 5.82 Å². The maximum atomic E-state index is 6.21. The van der Waals surface area contributed by atoms with E-state index in [2.05, 4.69) is 31.1 Å². The molecule has 18 heavy (non-hydrogen) atoms. The molecule has 2 N–H and O–H groups in total. The maximum absolute atomic E-state index is 6.21. The Balaban J connectivity index is 2.28. The average molecular weight is 243 g/mol. The SMILES string of the molecule is CCCc1c(CC)nn(Cc2ccccc2)c1N. The average Bonchev–Trinajstić information content (AvgIpc) is 2.69. The normalized spacial score (nSPS) is 10.8. The quantitative estimate of drug-likeness (QED) is 0.877. The van der Waals surface area contributed by atoms with Gasteiger partial charge in [0.05, 0.1) is 12.2 Å². The minimum absolute atomic E-state index is 0.753. The summed E-state index contributed by atoms with van der Waals surface area (Å²) in [5, 5.41) is 4.63. The molecule has 0 aliphatic rings. The highest BCUT2D eigenvalue weighted by Gasteiger charge is 2.13. The highest BCUT2D eigenvalue weighted by Crippen LogP contribution is 2.20. The van der Waals surface area contributed by atoms with Gasteiger partial charge in [-0.15, -0.1) is 0 Å². The Morgan fingerprint density at radius 2 is 1.89 bits per heavy atom. The standard InChI is InChI=1S/C15H21N3/c1-3-8-13-14(4-2)17-18(15(13)16)11-12-9-6-5-7-10-12/h5-7,9-10H,3-4,8,11,16H2,1-2H3. The van der Waals surface area contributed by atoms with Crippen LogP contribution in [0.4, 0.5) is 5.82 Å². The molecule has 0 saturated carbocycles. The van der Waals surface area contributed by atoms with Crippen LogP contribution in [-0.2, 0) is 19.4 Å². The van der Waals surface area contributed by atoms with Crippen molar-refractivity contribution in [2.75, 3.05) is 5.73 Å². The van der Waals surface area contributed by atoms with Crippen molar-refractivity contribution >= 4 is 5.82 Å². The van der Waals surface area contributed by atoms with Crippen molar-refractivity contribution in [3.05, 3.63) is 47.2 Å². The summed E-state index contributed by atoms with van der Waals surface area (Å²) >= 11 is 0. The number of hydrogen-bond acceptors (Lipinski definition) is 2. The van der Waals surface area contributed by atoms with Crippen LogP contribution in [0.2, 0.25) is 0 Å². The van der Waals surface area contributed by atoms with Crippen molar-refractivity contribution < 1.29 is 0 Å². The molecule has 0 amide bonds. The Hall–Kier alpha value is -1.77. The molecule has 0 unspecified atom stereocenters. The fourth-order valence-electron chi connectivity index (χ4n) is 2.25. The van der Waals surface area contributed by atoms with Crippen LogP contribution < -0.4 is 5.73 Å². The van der Waals surface area contributed by atoms with Crippen molar-refractivity contribution in [3.63, 3.8) is 0 Å². The molecule has 0 aliphatic carbocycles. The van der Waals surface area contributed by atoms with Crippen molar-refractivity contribution in [2.45, 2.75) is 39.7 Å². The number of nitrogen functional groups attached to an aromatic ring is 1. The number of rotatable bonds is 5. The third kappa shape index (κ3) is 2.55. The van der Waals surface area contributed by atoms with Gasteiger partial charge in [-0.3, -0.25) is 0 Å². The summed E-state index contributed by atoms with van der Waals surface area (Å²) < 4.78 is 1.93. The molecule has 0 fully saturated rings. The van der Waals surface area contributed by atoms with E-state index in [4.69, 9.17) is 5.73 Å². The Morgan fingerprint density at radius 3 is 2.50 bits per heavy atom. The summed E-state index contributed by atoms with van der Waals surface area (Å²) in [6, 6.07) is 10.3. The van der Waals surface area contributed by atoms with E-state index in [0.29, 0.717) is 0 Å². The molecule has 96 valence electrons. The number of nitrogens with two attached hydrogens (primary N) is 1. The van der Waals surface area contributed by atoms with Crippen LogP contribution in [0.3, 0.4) is 0 Å². The molecule has 1 aromatic carbocycles. The van der Waals surface area contributed by atoms with Crippen LogP contribution in [0.1, 0.15) is 37.1 Å². The predicted molar refractivity (Wildman–Crippen MR) is 75.6 cm³/mol. The van der Waals surface area contributed by atoms with E-state index in [1.54, 1.807) is 0 Å². The van der Waals surface area contributed by atoms with Crippen molar-refractivity contribution in [2.24, 2.45) is 0 Å². The smallest absolute Gasteiger partial charge is 0.125 e. The molecular formula is C15H21N3. The first-order valence-electron chi connectivity index (χ1n) is 6.64. The summed E-state index contributed by atoms with van der Waals surface area (Å²) in [5.41, 5.74) is 9.82. The van der Waals surface area contributed by atoms with Crippen LogP contribution in [-0.4, -0.2) is 9.78 Å². The first-order chi connectivity index (χ1) is 8.76. The molecular weight excluding hydrogens is 222 g/mol. The third-order valence-corrected chi connectivity index (χ3v) is 3.19. The van der Waals surface area contributed by atoms with Crippen molar-refractivity contribution in [1.29, 1.82) is 0 Å². The second kappa shape index (κ2) is 5.71. The molecule has 0 aliphatic heterocycles. The zero-order valence-electron chi connectivity index (χ0n) is 11.2.